The second kappa shape index (κ2) is 7.47. The number of para-hydroxylation sites is 1. The Balaban J connectivity index is 2.41. The minimum Gasteiger partial charge on any atom is -0.494 e. The summed E-state index contributed by atoms with van der Waals surface area (Å²) >= 11 is 0. The molecule has 124 valence electrons. The molecule has 1 aromatic heterocycles. The van der Waals surface area contributed by atoms with Crippen LogP contribution in [0.2, 0.25) is 0 Å². The molecule has 24 heavy (non-hydrogen) atoms. The molecule has 0 bridgehead atoms. The first-order valence-electron chi connectivity index (χ1n) is 7.58. The summed E-state index contributed by atoms with van der Waals surface area (Å²) in [6, 6.07) is 10.6. The van der Waals surface area contributed by atoms with E-state index in [9.17, 15) is 20.0 Å². The summed E-state index contributed by atoms with van der Waals surface area (Å²) in [6.45, 7) is 3.23. The molecule has 6 heteroatoms. The number of hydrogen-bond acceptors (Lipinski definition) is 5. The molecular weight excluding hydrogens is 308 g/mol. The highest BCUT2D eigenvalue weighted by Crippen LogP contribution is 2.23. The summed E-state index contributed by atoms with van der Waals surface area (Å²) in [4.78, 5) is 24.7. The van der Waals surface area contributed by atoms with Crippen LogP contribution in [0.25, 0.3) is 0 Å². The van der Waals surface area contributed by atoms with E-state index < -0.39 is 17.2 Å². The monoisotopic (exact) mass is 326 g/mol. The fourth-order valence-corrected chi connectivity index (χ4v) is 2.45. The van der Waals surface area contributed by atoms with Crippen LogP contribution < -0.4 is 10.3 Å². The van der Waals surface area contributed by atoms with Gasteiger partial charge in [-0.1, -0.05) is 25.1 Å². The summed E-state index contributed by atoms with van der Waals surface area (Å²) in [7, 11) is 0. The van der Waals surface area contributed by atoms with Crippen LogP contribution >= 0.6 is 0 Å². The van der Waals surface area contributed by atoms with Gasteiger partial charge >= 0.3 is 0 Å². The van der Waals surface area contributed by atoms with E-state index >= 15 is 0 Å². The van der Waals surface area contributed by atoms with Crippen LogP contribution in [-0.2, 0) is 6.54 Å². The second-order valence-electron chi connectivity index (χ2n) is 5.29. The molecule has 6 nitrogen and oxygen atoms in total. The molecule has 0 saturated heterocycles. The molecule has 0 aliphatic carbocycles. The first kappa shape index (κ1) is 17.3. The van der Waals surface area contributed by atoms with Gasteiger partial charge in [0.05, 0.1) is 5.56 Å². The fraction of sp³-hybridized carbons (Fsp3) is 0.278. The van der Waals surface area contributed by atoms with Crippen LogP contribution in [0.1, 0.15) is 34.8 Å². The van der Waals surface area contributed by atoms with Crippen molar-refractivity contribution in [1.29, 1.82) is 5.26 Å². The summed E-state index contributed by atoms with van der Waals surface area (Å²) < 4.78 is 6.46. The van der Waals surface area contributed by atoms with E-state index in [0.29, 0.717) is 12.2 Å². The van der Waals surface area contributed by atoms with Gasteiger partial charge in [0.25, 0.3) is 5.56 Å². The predicted molar refractivity (Wildman–Crippen MR) is 88.4 cm³/mol. The zero-order valence-electron chi connectivity index (χ0n) is 13.6. The molecule has 0 saturated carbocycles. The molecule has 0 aliphatic heterocycles. The quantitative estimate of drug-likeness (QED) is 0.823. The third-order valence-electron chi connectivity index (χ3n) is 3.64. The van der Waals surface area contributed by atoms with Gasteiger partial charge in [0.2, 0.25) is 11.7 Å². The minimum absolute atomic E-state index is 0.0458. The molecule has 0 spiro atoms. The smallest absolute Gasteiger partial charge is 0.271 e. The first-order chi connectivity index (χ1) is 11.5. The number of benzene rings is 1. The highest BCUT2D eigenvalue weighted by molar-refractivity contribution is 6.01. The Kier molecular flexibility index (Phi) is 5.38. The van der Waals surface area contributed by atoms with E-state index in [0.717, 1.165) is 4.57 Å². The zero-order valence-corrected chi connectivity index (χ0v) is 13.6. The molecule has 2 rings (SSSR count). The second-order valence-corrected chi connectivity index (χ2v) is 5.29. The van der Waals surface area contributed by atoms with E-state index in [1.54, 1.807) is 24.3 Å². The Labute approximate surface area is 139 Å². The van der Waals surface area contributed by atoms with Crippen LogP contribution in [0.15, 0.2) is 35.1 Å². The number of aromatic nitrogens is 1. The molecule has 0 unspecified atom stereocenters. The number of carbonyl (C=O) groups excluding carboxylic acids is 1. The largest absolute Gasteiger partial charge is 0.494 e. The fourth-order valence-electron chi connectivity index (χ4n) is 2.45. The van der Waals surface area contributed by atoms with Gasteiger partial charge in [0, 0.05) is 6.54 Å². The van der Waals surface area contributed by atoms with Gasteiger partial charge in [-0.05, 0) is 31.0 Å². The topological polar surface area (TPSA) is 92.3 Å². The maximum absolute atomic E-state index is 12.5. The van der Waals surface area contributed by atoms with Crippen molar-refractivity contribution in [2.24, 2.45) is 0 Å². The van der Waals surface area contributed by atoms with Gasteiger partial charge in [0.15, 0.2) is 6.61 Å². The number of hydrogen-bond donors (Lipinski definition) is 1. The molecule has 0 aliphatic rings. The van der Waals surface area contributed by atoms with Crippen LogP contribution in [0.4, 0.5) is 0 Å². The molecule has 0 fully saturated rings. The Morgan fingerprint density at radius 2 is 2.00 bits per heavy atom. The molecule has 1 aromatic carbocycles. The molecule has 2 aromatic rings. The van der Waals surface area contributed by atoms with Crippen molar-refractivity contribution in [3.05, 3.63) is 57.4 Å². The zero-order chi connectivity index (χ0) is 17.7. The average Bonchev–Trinajstić information content (AvgIpc) is 2.58. The Morgan fingerprint density at radius 3 is 2.58 bits per heavy atom. The van der Waals surface area contributed by atoms with E-state index in [1.807, 2.05) is 19.1 Å². The first-order valence-corrected chi connectivity index (χ1v) is 7.58. The van der Waals surface area contributed by atoms with E-state index in [1.165, 1.54) is 6.92 Å². The van der Waals surface area contributed by atoms with Crippen LogP contribution in [0.5, 0.6) is 11.6 Å². The number of ketones is 1. The van der Waals surface area contributed by atoms with Crippen molar-refractivity contribution in [3.63, 3.8) is 0 Å². The third kappa shape index (κ3) is 3.30. The Morgan fingerprint density at radius 1 is 1.33 bits per heavy atom. The summed E-state index contributed by atoms with van der Waals surface area (Å²) in [5.74, 6) is -0.388. The van der Waals surface area contributed by atoms with Crippen molar-refractivity contribution < 1.29 is 14.6 Å². The lowest BCUT2D eigenvalue weighted by Crippen LogP contribution is -2.27. The number of aromatic hydroxyl groups is 1. The predicted octanol–water partition coefficient (Wildman–Crippen LogP) is 2.41. The number of carbonyl (C=O) groups is 1. The summed E-state index contributed by atoms with van der Waals surface area (Å²) in [6.07, 6.45) is 0.579. The van der Waals surface area contributed by atoms with E-state index in [-0.39, 0.29) is 29.8 Å². The van der Waals surface area contributed by atoms with Gasteiger partial charge in [-0.25, -0.2) is 0 Å². The maximum atomic E-state index is 12.5. The molecule has 0 radical (unpaired) electrons. The van der Waals surface area contributed by atoms with Gasteiger partial charge in [-0.3, -0.25) is 14.2 Å². The standard InChI is InChI=1S/C18H18N2O4/c1-3-9-20-17(22)14(10-19)12(2)16(18(20)23)15(21)11-24-13-7-5-4-6-8-13/h4-8,23H,3,9,11H2,1-2H3. The average molecular weight is 326 g/mol. The Bertz CT molecular complexity index is 848. The normalized spacial score (nSPS) is 10.2. The van der Waals surface area contributed by atoms with Gasteiger partial charge in [-0.2, -0.15) is 5.26 Å². The lowest BCUT2D eigenvalue weighted by atomic mass is 10.0. The molecule has 1 heterocycles. The summed E-state index contributed by atoms with van der Waals surface area (Å²) in [5, 5.41) is 19.6. The summed E-state index contributed by atoms with van der Waals surface area (Å²) in [5.41, 5.74) is -0.594. The molecule has 0 amide bonds. The highest BCUT2D eigenvalue weighted by atomic mass is 16.5. The van der Waals surface area contributed by atoms with Crippen LogP contribution in [-0.4, -0.2) is 22.1 Å². The molecule has 1 N–H and O–H groups in total. The molecule has 0 atom stereocenters. The minimum atomic E-state index is -0.588. The number of nitriles is 1. The van der Waals surface area contributed by atoms with Gasteiger partial charge in [0.1, 0.15) is 17.4 Å². The molecular formula is C18H18N2O4. The SMILES string of the molecule is CCCn1c(O)c(C(=O)COc2ccccc2)c(C)c(C#N)c1=O. The van der Waals surface area contributed by atoms with Gasteiger partial charge < -0.3 is 9.84 Å². The van der Waals surface area contributed by atoms with Crippen molar-refractivity contribution in [2.45, 2.75) is 26.8 Å². The van der Waals surface area contributed by atoms with Crippen molar-refractivity contribution in [2.75, 3.05) is 6.61 Å². The number of nitrogens with zero attached hydrogens (tertiary/aromatic N) is 2. The van der Waals surface area contributed by atoms with Crippen molar-refractivity contribution >= 4 is 5.78 Å². The van der Waals surface area contributed by atoms with E-state index in [2.05, 4.69) is 0 Å². The number of ether oxygens (including phenoxy) is 1. The van der Waals surface area contributed by atoms with Gasteiger partial charge in [-0.15, -0.1) is 0 Å². The van der Waals surface area contributed by atoms with Crippen molar-refractivity contribution in [3.8, 4) is 17.7 Å². The third-order valence-corrected chi connectivity index (χ3v) is 3.64. The Hall–Kier alpha value is -3.07. The number of pyridine rings is 1. The highest BCUT2D eigenvalue weighted by Gasteiger charge is 2.23. The maximum Gasteiger partial charge on any atom is 0.271 e. The van der Waals surface area contributed by atoms with Crippen LogP contribution in [0.3, 0.4) is 0 Å². The number of Topliss-reactive ketones (excluding diaryl/α,β-unsaturated/α-hetero) is 1. The van der Waals surface area contributed by atoms with E-state index in [4.69, 9.17) is 4.74 Å². The van der Waals surface area contributed by atoms with Crippen molar-refractivity contribution in [1.82, 2.24) is 4.57 Å². The lowest BCUT2D eigenvalue weighted by Gasteiger charge is -2.15. The lowest BCUT2D eigenvalue weighted by molar-refractivity contribution is 0.0916. The van der Waals surface area contributed by atoms with Crippen LogP contribution in [0, 0.1) is 18.3 Å². The number of rotatable bonds is 6.